The molecule has 1 saturated heterocycles. The maximum Gasteiger partial charge on any atom is 0.488 e. The minimum absolute atomic E-state index is 0.708. The van der Waals surface area contributed by atoms with Crippen LogP contribution in [0.2, 0.25) is 0 Å². The molecule has 0 aliphatic carbocycles. The van der Waals surface area contributed by atoms with Gasteiger partial charge in [-0.3, -0.25) is 0 Å². The van der Waals surface area contributed by atoms with Crippen LogP contribution < -0.4 is 5.32 Å². The molecule has 0 aromatic rings. The van der Waals surface area contributed by atoms with Crippen molar-refractivity contribution in [3.8, 4) is 0 Å². The summed E-state index contributed by atoms with van der Waals surface area (Å²) < 4.78 is 9.73. The Labute approximate surface area is 49.7 Å². The van der Waals surface area contributed by atoms with Gasteiger partial charge < -0.3 is 14.6 Å². The van der Waals surface area contributed by atoms with E-state index in [1.165, 1.54) is 7.69 Å². The largest absolute Gasteiger partial charge is 0.488 e. The topological polar surface area (TPSA) is 30.5 Å². The van der Waals surface area contributed by atoms with Gasteiger partial charge in [-0.15, -0.1) is 0 Å². The Morgan fingerprint density at radius 3 is 2.38 bits per heavy atom. The second kappa shape index (κ2) is 3.89. The van der Waals surface area contributed by atoms with E-state index in [0.29, 0.717) is 13.2 Å². The number of nitrogens with one attached hydrogen (secondary N) is 1. The first kappa shape index (κ1) is 6.07. The lowest BCUT2D eigenvalue weighted by molar-refractivity contribution is 0.201. The maximum atomic E-state index is 4.86. The first-order valence-corrected chi connectivity index (χ1v) is 2.76. The van der Waals surface area contributed by atoms with Gasteiger partial charge in [-0.2, -0.15) is 0 Å². The molecule has 8 heavy (non-hydrogen) atoms. The molecule has 1 radical (unpaired) electrons. The van der Waals surface area contributed by atoms with Gasteiger partial charge in [0.1, 0.15) is 0 Å². The zero-order chi connectivity index (χ0) is 5.66. The summed E-state index contributed by atoms with van der Waals surface area (Å²) in [5.74, 6) is 0. The Morgan fingerprint density at radius 1 is 1.12 bits per heavy atom. The fourth-order valence-corrected chi connectivity index (χ4v) is 0.532. The predicted molar refractivity (Wildman–Crippen MR) is 30.5 cm³/mol. The Balaban J connectivity index is 2.00. The Hall–Kier alpha value is -0.0551. The highest BCUT2D eigenvalue weighted by Gasteiger charge is 1.97. The van der Waals surface area contributed by atoms with Gasteiger partial charge in [-0.25, -0.2) is 0 Å². The molecule has 0 aromatic carbocycles. The SMILES string of the molecule is [B]1OCCNCCO1. The van der Waals surface area contributed by atoms with Crippen LogP contribution in [-0.4, -0.2) is 34.0 Å². The van der Waals surface area contributed by atoms with Crippen LogP contribution in [0.25, 0.3) is 0 Å². The van der Waals surface area contributed by atoms with Gasteiger partial charge in [0.25, 0.3) is 0 Å². The minimum Gasteiger partial charge on any atom is -0.412 e. The smallest absolute Gasteiger partial charge is 0.412 e. The summed E-state index contributed by atoms with van der Waals surface area (Å²) in [4.78, 5) is 0. The third-order valence-electron chi connectivity index (χ3n) is 0.929. The molecule has 0 bridgehead atoms. The average molecular weight is 114 g/mol. The molecule has 0 aromatic heterocycles. The van der Waals surface area contributed by atoms with Crippen LogP contribution in [0.3, 0.4) is 0 Å². The van der Waals surface area contributed by atoms with Gasteiger partial charge in [0.15, 0.2) is 0 Å². The highest BCUT2D eigenvalue weighted by molar-refractivity contribution is 6.17. The Bertz CT molecular complexity index is 38.0. The first-order valence-electron chi connectivity index (χ1n) is 2.76. The van der Waals surface area contributed by atoms with E-state index < -0.39 is 0 Å². The van der Waals surface area contributed by atoms with Gasteiger partial charge in [0, 0.05) is 26.3 Å². The van der Waals surface area contributed by atoms with Crippen molar-refractivity contribution in [1.82, 2.24) is 5.32 Å². The molecule has 0 saturated carbocycles. The summed E-state index contributed by atoms with van der Waals surface area (Å²) in [7, 11) is 1.40. The zero-order valence-electron chi connectivity index (χ0n) is 4.72. The van der Waals surface area contributed by atoms with E-state index in [2.05, 4.69) is 5.32 Å². The van der Waals surface area contributed by atoms with E-state index in [1.54, 1.807) is 0 Å². The van der Waals surface area contributed by atoms with Crippen molar-refractivity contribution in [3.05, 3.63) is 0 Å². The van der Waals surface area contributed by atoms with E-state index in [1.807, 2.05) is 0 Å². The standard InChI is InChI=1S/C4H9BNO2/c1-3-7-5-8-4-2-6-1/h6H,1-4H2. The summed E-state index contributed by atoms with van der Waals surface area (Å²) in [6, 6.07) is 0. The van der Waals surface area contributed by atoms with Crippen LogP contribution >= 0.6 is 0 Å². The molecule has 1 heterocycles. The summed E-state index contributed by atoms with van der Waals surface area (Å²) in [6.07, 6.45) is 0. The fraction of sp³-hybridized carbons (Fsp3) is 1.00. The van der Waals surface area contributed by atoms with Crippen molar-refractivity contribution in [1.29, 1.82) is 0 Å². The molecule has 0 spiro atoms. The molecule has 3 nitrogen and oxygen atoms in total. The molecular weight excluding hydrogens is 105 g/mol. The molecular formula is C4H9BNO2. The molecule has 45 valence electrons. The molecule has 1 rings (SSSR count). The third kappa shape index (κ3) is 2.30. The Morgan fingerprint density at radius 2 is 1.75 bits per heavy atom. The van der Waals surface area contributed by atoms with Crippen molar-refractivity contribution < 1.29 is 9.31 Å². The molecule has 1 aliphatic heterocycles. The van der Waals surface area contributed by atoms with Gasteiger partial charge in [0.2, 0.25) is 0 Å². The van der Waals surface area contributed by atoms with Gasteiger partial charge in [-0.1, -0.05) is 0 Å². The van der Waals surface area contributed by atoms with Gasteiger partial charge in [0.05, 0.1) is 0 Å². The van der Waals surface area contributed by atoms with Crippen LogP contribution in [-0.2, 0) is 9.31 Å². The number of hydrogen-bond donors (Lipinski definition) is 1. The zero-order valence-corrected chi connectivity index (χ0v) is 4.72. The van der Waals surface area contributed by atoms with Gasteiger partial charge >= 0.3 is 7.69 Å². The van der Waals surface area contributed by atoms with Crippen molar-refractivity contribution in [2.75, 3.05) is 26.3 Å². The lowest BCUT2D eigenvalue weighted by atomic mass is 10.4. The van der Waals surface area contributed by atoms with Crippen molar-refractivity contribution in [2.45, 2.75) is 0 Å². The second-order valence-electron chi connectivity index (χ2n) is 1.59. The number of hydrogen-bond acceptors (Lipinski definition) is 3. The monoisotopic (exact) mass is 114 g/mol. The normalized spacial score (nSPS) is 23.0. The second-order valence-corrected chi connectivity index (χ2v) is 1.59. The van der Waals surface area contributed by atoms with Crippen LogP contribution in [0.1, 0.15) is 0 Å². The highest BCUT2D eigenvalue weighted by Crippen LogP contribution is 1.77. The van der Waals surface area contributed by atoms with Crippen molar-refractivity contribution in [3.63, 3.8) is 0 Å². The number of rotatable bonds is 0. The van der Waals surface area contributed by atoms with E-state index in [4.69, 9.17) is 9.31 Å². The molecule has 1 fully saturated rings. The first-order chi connectivity index (χ1) is 4.00. The minimum atomic E-state index is 0.708. The van der Waals surface area contributed by atoms with E-state index >= 15 is 0 Å². The quantitative estimate of drug-likeness (QED) is 0.416. The Kier molecular flexibility index (Phi) is 2.95. The van der Waals surface area contributed by atoms with Crippen LogP contribution in [0.5, 0.6) is 0 Å². The summed E-state index contributed by atoms with van der Waals surface area (Å²) in [6.45, 7) is 3.25. The van der Waals surface area contributed by atoms with Crippen molar-refractivity contribution >= 4 is 7.69 Å². The van der Waals surface area contributed by atoms with E-state index in [-0.39, 0.29) is 0 Å². The molecule has 4 heteroatoms. The predicted octanol–water partition coefficient (Wildman–Crippen LogP) is -0.843. The van der Waals surface area contributed by atoms with Crippen LogP contribution in [0.15, 0.2) is 0 Å². The summed E-state index contributed by atoms with van der Waals surface area (Å²) in [5.41, 5.74) is 0. The lowest BCUT2D eigenvalue weighted by Crippen LogP contribution is -2.29. The molecule has 1 aliphatic rings. The molecule has 0 unspecified atom stereocenters. The molecule has 0 atom stereocenters. The van der Waals surface area contributed by atoms with Crippen molar-refractivity contribution in [2.24, 2.45) is 0 Å². The van der Waals surface area contributed by atoms with Crippen LogP contribution in [0, 0.1) is 0 Å². The lowest BCUT2D eigenvalue weighted by Gasteiger charge is -2.09. The fourth-order valence-electron chi connectivity index (χ4n) is 0.532. The van der Waals surface area contributed by atoms with E-state index in [0.717, 1.165) is 13.1 Å². The van der Waals surface area contributed by atoms with E-state index in [9.17, 15) is 0 Å². The average Bonchev–Trinajstić information content (AvgIpc) is 1.62. The third-order valence-corrected chi connectivity index (χ3v) is 0.929. The van der Waals surface area contributed by atoms with Crippen LogP contribution in [0.4, 0.5) is 0 Å². The summed E-state index contributed by atoms with van der Waals surface area (Å²) in [5, 5.41) is 3.12. The highest BCUT2D eigenvalue weighted by atomic mass is 16.6. The van der Waals surface area contributed by atoms with Gasteiger partial charge in [-0.05, 0) is 0 Å². The summed E-state index contributed by atoms with van der Waals surface area (Å²) >= 11 is 0. The molecule has 1 N–H and O–H groups in total. The maximum absolute atomic E-state index is 4.86. The molecule has 0 amide bonds.